The van der Waals surface area contributed by atoms with Gasteiger partial charge in [0.2, 0.25) is 0 Å². The van der Waals surface area contributed by atoms with Crippen molar-refractivity contribution in [3.05, 3.63) is 34.9 Å². The van der Waals surface area contributed by atoms with Gasteiger partial charge in [-0.1, -0.05) is 18.2 Å². The number of ether oxygens (including phenoxy) is 2. The van der Waals surface area contributed by atoms with Crippen LogP contribution in [0.15, 0.2) is 18.2 Å². The first-order chi connectivity index (χ1) is 8.52. The predicted molar refractivity (Wildman–Crippen MR) is 72.2 cm³/mol. The average Bonchev–Trinajstić information content (AvgIpc) is 2.83. The van der Waals surface area contributed by atoms with Gasteiger partial charge in [-0.25, -0.2) is 0 Å². The summed E-state index contributed by atoms with van der Waals surface area (Å²) in [5.74, 6) is 0. The molecule has 0 saturated heterocycles. The Labute approximate surface area is 109 Å². The highest BCUT2D eigenvalue weighted by Crippen LogP contribution is 2.27. The molecule has 1 atom stereocenters. The Morgan fingerprint density at radius 3 is 2.78 bits per heavy atom. The minimum atomic E-state index is -0.0997. The topological polar surface area (TPSA) is 44.5 Å². The number of fused-ring (bicyclic) bond motifs is 1. The van der Waals surface area contributed by atoms with Gasteiger partial charge in [-0.3, -0.25) is 0 Å². The molecule has 1 aromatic rings. The van der Waals surface area contributed by atoms with E-state index in [1.54, 1.807) is 7.11 Å². The molecular weight excluding hydrogens is 226 g/mol. The SMILES string of the molecule is COC(C)(C)CCC(N)c1ccc2c(c1)COC2. The molecule has 3 heteroatoms. The lowest BCUT2D eigenvalue weighted by atomic mass is 9.94. The Balaban J connectivity index is 1.99. The predicted octanol–water partition coefficient (Wildman–Crippen LogP) is 2.92. The van der Waals surface area contributed by atoms with Gasteiger partial charge in [0.05, 0.1) is 18.8 Å². The lowest BCUT2D eigenvalue weighted by molar-refractivity contribution is 0.0125. The monoisotopic (exact) mass is 249 g/mol. The fraction of sp³-hybridized carbons (Fsp3) is 0.600. The Hall–Kier alpha value is -0.900. The number of hydrogen-bond acceptors (Lipinski definition) is 3. The molecule has 2 rings (SSSR count). The molecule has 1 heterocycles. The summed E-state index contributed by atoms with van der Waals surface area (Å²) >= 11 is 0. The summed E-state index contributed by atoms with van der Waals surface area (Å²) in [5, 5.41) is 0. The van der Waals surface area contributed by atoms with E-state index in [0.29, 0.717) is 0 Å². The average molecular weight is 249 g/mol. The summed E-state index contributed by atoms with van der Waals surface area (Å²) in [4.78, 5) is 0. The van der Waals surface area contributed by atoms with Crippen molar-refractivity contribution in [3.8, 4) is 0 Å². The van der Waals surface area contributed by atoms with E-state index in [0.717, 1.165) is 26.1 Å². The molecule has 2 N–H and O–H groups in total. The molecule has 0 bridgehead atoms. The van der Waals surface area contributed by atoms with Crippen LogP contribution >= 0.6 is 0 Å². The van der Waals surface area contributed by atoms with Crippen molar-refractivity contribution in [1.29, 1.82) is 0 Å². The molecular formula is C15H23NO2. The Bertz CT molecular complexity index is 415. The molecule has 0 saturated carbocycles. The van der Waals surface area contributed by atoms with Crippen molar-refractivity contribution in [1.82, 2.24) is 0 Å². The maximum Gasteiger partial charge on any atom is 0.0725 e. The van der Waals surface area contributed by atoms with E-state index in [-0.39, 0.29) is 11.6 Å². The lowest BCUT2D eigenvalue weighted by Crippen LogP contribution is -2.24. The highest BCUT2D eigenvalue weighted by Gasteiger charge is 2.19. The second kappa shape index (κ2) is 5.39. The highest BCUT2D eigenvalue weighted by molar-refractivity contribution is 5.34. The van der Waals surface area contributed by atoms with E-state index in [9.17, 15) is 0 Å². The summed E-state index contributed by atoms with van der Waals surface area (Å²) in [6.45, 7) is 5.65. The standard InChI is InChI=1S/C15H23NO2/c1-15(2,17-3)7-6-14(16)11-4-5-12-9-18-10-13(12)8-11/h4-5,8,14H,6-7,9-10,16H2,1-3H3. The fourth-order valence-corrected chi connectivity index (χ4v) is 2.19. The summed E-state index contributed by atoms with van der Waals surface area (Å²) in [6.07, 6.45) is 1.89. The zero-order chi connectivity index (χ0) is 13.2. The second-order valence-corrected chi connectivity index (χ2v) is 5.63. The first-order valence-corrected chi connectivity index (χ1v) is 6.52. The van der Waals surface area contributed by atoms with Gasteiger partial charge in [-0.05, 0) is 43.4 Å². The first kappa shape index (κ1) is 13.5. The Morgan fingerprint density at radius 1 is 1.33 bits per heavy atom. The van der Waals surface area contributed by atoms with Gasteiger partial charge < -0.3 is 15.2 Å². The molecule has 3 nitrogen and oxygen atoms in total. The van der Waals surface area contributed by atoms with Crippen molar-refractivity contribution in [2.24, 2.45) is 5.73 Å². The molecule has 0 radical (unpaired) electrons. The van der Waals surface area contributed by atoms with Crippen molar-refractivity contribution in [3.63, 3.8) is 0 Å². The zero-order valence-electron chi connectivity index (χ0n) is 11.5. The van der Waals surface area contributed by atoms with Gasteiger partial charge in [-0.2, -0.15) is 0 Å². The second-order valence-electron chi connectivity index (χ2n) is 5.63. The van der Waals surface area contributed by atoms with Gasteiger partial charge in [0.25, 0.3) is 0 Å². The van der Waals surface area contributed by atoms with Crippen LogP contribution in [0.1, 0.15) is 49.4 Å². The maximum atomic E-state index is 6.25. The van der Waals surface area contributed by atoms with Gasteiger partial charge in [0, 0.05) is 13.2 Å². The van der Waals surface area contributed by atoms with Gasteiger partial charge in [0.15, 0.2) is 0 Å². The molecule has 0 fully saturated rings. The van der Waals surface area contributed by atoms with Crippen molar-refractivity contribution < 1.29 is 9.47 Å². The number of rotatable bonds is 5. The zero-order valence-corrected chi connectivity index (χ0v) is 11.5. The van der Waals surface area contributed by atoms with Crippen LogP contribution in [0.4, 0.5) is 0 Å². The molecule has 0 amide bonds. The van der Waals surface area contributed by atoms with E-state index in [1.165, 1.54) is 16.7 Å². The third kappa shape index (κ3) is 3.10. The summed E-state index contributed by atoms with van der Waals surface area (Å²) < 4.78 is 10.8. The van der Waals surface area contributed by atoms with E-state index >= 15 is 0 Å². The van der Waals surface area contributed by atoms with E-state index in [1.807, 2.05) is 0 Å². The van der Waals surface area contributed by atoms with Crippen molar-refractivity contribution in [2.45, 2.75) is 51.5 Å². The summed E-state index contributed by atoms with van der Waals surface area (Å²) in [6, 6.07) is 6.52. The Morgan fingerprint density at radius 2 is 2.06 bits per heavy atom. The van der Waals surface area contributed by atoms with Crippen LogP contribution in [0.3, 0.4) is 0 Å². The normalized spacial score (nSPS) is 16.7. The molecule has 100 valence electrons. The number of methoxy groups -OCH3 is 1. The maximum absolute atomic E-state index is 6.25. The van der Waals surface area contributed by atoms with Crippen molar-refractivity contribution in [2.75, 3.05) is 7.11 Å². The minimum absolute atomic E-state index is 0.0744. The quantitative estimate of drug-likeness (QED) is 0.872. The largest absolute Gasteiger partial charge is 0.379 e. The van der Waals surface area contributed by atoms with E-state index < -0.39 is 0 Å². The molecule has 1 aliphatic rings. The molecule has 0 aromatic heterocycles. The lowest BCUT2D eigenvalue weighted by Gasteiger charge is -2.24. The summed E-state index contributed by atoms with van der Waals surface area (Å²) in [5.41, 5.74) is 9.94. The van der Waals surface area contributed by atoms with Crippen molar-refractivity contribution >= 4 is 0 Å². The molecule has 0 aliphatic carbocycles. The number of benzene rings is 1. The van der Waals surface area contributed by atoms with Crippen LogP contribution in [0.25, 0.3) is 0 Å². The van der Waals surface area contributed by atoms with Crippen LogP contribution in [0.5, 0.6) is 0 Å². The molecule has 18 heavy (non-hydrogen) atoms. The van der Waals surface area contributed by atoms with Gasteiger partial charge in [0.1, 0.15) is 0 Å². The van der Waals surface area contributed by atoms with Crippen LogP contribution in [-0.2, 0) is 22.7 Å². The van der Waals surface area contributed by atoms with Crippen LogP contribution in [0.2, 0.25) is 0 Å². The number of nitrogens with two attached hydrogens (primary N) is 1. The van der Waals surface area contributed by atoms with E-state index in [2.05, 4.69) is 32.0 Å². The van der Waals surface area contributed by atoms with E-state index in [4.69, 9.17) is 15.2 Å². The molecule has 1 aliphatic heterocycles. The number of hydrogen-bond donors (Lipinski definition) is 1. The minimum Gasteiger partial charge on any atom is -0.379 e. The molecule has 1 aromatic carbocycles. The van der Waals surface area contributed by atoms with Gasteiger partial charge in [-0.15, -0.1) is 0 Å². The first-order valence-electron chi connectivity index (χ1n) is 6.52. The summed E-state index contributed by atoms with van der Waals surface area (Å²) in [7, 11) is 1.75. The third-order valence-corrected chi connectivity index (χ3v) is 3.78. The molecule has 1 unspecified atom stereocenters. The van der Waals surface area contributed by atoms with Crippen LogP contribution < -0.4 is 5.73 Å². The third-order valence-electron chi connectivity index (χ3n) is 3.78. The fourth-order valence-electron chi connectivity index (χ4n) is 2.19. The Kier molecular flexibility index (Phi) is 4.05. The van der Waals surface area contributed by atoms with Gasteiger partial charge >= 0.3 is 0 Å². The highest BCUT2D eigenvalue weighted by atomic mass is 16.5. The molecule has 0 spiro atoms. The van der Waals surface area contributed by atoms with Crippen LogP contribution in [0, 0.1) is 0 Å². The smallest absolute Gasteiger partial charge is 0.0725 e. The van der Waals surface area contributed by atoms with Crippen LogP contribution in [-0.4, -0.2) is 12.7 Å².